The number of amides is 2. The van der Waals surface area contributed by atoms with E-state index in [0.29, 0.717) is 18.1 Å². The van der Waals surface area contributed by atoms with Crippen molar-refractivity contribution < 1.29 is 14.3 Å². The minimum Gasteiger partial charge on any atom is -0.378 e. The number of ether oxygens (including phenoxy) is 1. The Morgan fingerprint density at radius 2 is 1.85 bits per heavy atom. The first-order valence-electron chi connectivity index (χ1n) is 12.3. The number of carbonyl (C=O) groups excluding carboxylic acids is 2. The fourth-order valence-electron chi connectivity index (χ4n) is 5.60. The summed E-state index contributed by atoms with van der Waals surface area (Å²) in [4.78, 5) is 26.9. The molecule has 2 aromatic rings. The van der Waals surface area contributed by atoms with Crippen LogP contribution < -0.4 is 15.5 Å². The number of anilines is 2. The Morgan fingerprint density at radius 1 is 1.09 bits per heavy atom. The van der Waals surface area contributed by atoms with Crippen LogP contribution in [0.2, 0.25) is 0 Å². The summed E-state index contributed by atoms with van der Waals surface area (Å²) in [5, 5.41) is 6.43. The van der Waals surface area contributed by atoms with Crippen LogP contribution in [-0.4, -0.2) is 38.1 Å². The van der Waals surface area contributed by atoms with E-state index in [1.807, 2.05) is 29.2 Å². The highest BCUT2D eigenvalue weighted by Gasteiger charge is 2.47. The topological polar surface area (TPSA) is 70.7 Å². The molecule has 34 heavy (non-hydrogen) atoms. The molecule has 0 bridgehead atoms. The minimum atomic E-state index is -0.0943. The van der Waals surface area contributed by atoms with Gasteiger partial charge < -0.3 is 20.3 Å². The summed E-state index contributed by atoms with van der Waals surface area (Å²) in [5.74, 6) is 0.797. The van der Waals surface area contributed by atoms with E-state index in [1.54, 1.807) is 14.0 Å². The average molecular weight is 460 g/mol. The van der Waals surface area contributed by atoms with Gasteiger partial charge in [-0.1, -0.05) is 19.1 Å². The Balaban J connectivity index is 1.55. The molecule has 2 aliphatic heterocycles. The first kappa shape index (κ1) is 22.7. The molecule has 0 radical (unpaired) electrons. The molecule has 0 aromatic heterocycles. The van der Waals surface area contributed by atoms with Gasteiger partial charge in [0.25, 0.3) is 5.91 Å². The third-order valence-electron chi connectivity index (χ3n) is 7.46. The van der Waals surface area contributed by atoms with Gasteiger partial charge in [-0.15, -0.1) is 0 Å². The molecule has 2 heterocycles. The second-order valence-electron chi connectivity index (χ2n) is 9.68. The average Bonchev–Trinajstić information content (AvgIpc) is 3.70. The summed E-state index contributed by atoms with van der Waals surface area (Å²) in [6, 6.07) is 14.4. The maximum absolute atomic E-state index is 12.9. The highest BCUT2D eigenvalue weighted by molar-refractivity contribution is 5.95. The summed E-state index contributed by atoms with van der Waals surface area (Å²) in [7, 11) is 1.64. The minimum absolute atomic E-state index is 0.0578. The largest absolute Gasteiger partial charge is 0.378 e. The molecular weight excluding hydrogens is 426 g/mol. The van der Waals surface area contributed by atoms with Crippen molar-refractivity contribution in [2.75, 3.05) is 30.5 Å². The van der Waals surface area contributed by atoms with Crippen molar-refractivity contribution in [2.24, 2.45) is 11.8 Å². The number of benzene rings is 2. The van der Waals surface area contributed by atoms with Gasteiger partial charge in [-0.25, -0.2) is 0 Å². The van der Waals surface area contributed by atoms with Crippen molar-refractivity contribution in [1.29, 1.82) is 0 Å². The lowest BCUT2D eigenvalue weighted by atomic mass is 9.79. The lowest BCUT2D eigenvalue weighted by Crippen LogP contribution is -2.51. The van der Waals surface area contributed by atoms with E-state index in [0.717, 1.165) is 30.0 Å². The summed E-state index contributed by atoms with van der Waals surface area (Å²) >= 11 is 0. The molecule has 3 aliphatic rings. The Bertz CT molecular complexity index is 1120. The quantitative estimate of drug-likeness (QED) is 0.675. The van der Waals surface area contributed by atoms with E-state index in [1.165, 1.54) is 24.0 Å². The summed E-state index contributed by atoms with van der Waals surface area (Å²) in [6.45, 7) is 5.33. The molecular formula is C28H33N3O3. The molecule has 5 rings (SSSR count). The Labute approximate surface area is 201 Å². The molecule has 1 aliphatic carbocycles. The van der Waals surface area contributed by atoms with Gasteiger partial charge in [0.2, 0.25) is 5.91 Å². The zero-order valence-corrected chi connectivity index (χ0v) is 20.1. The summed E-state index contributed by atoms with van der Waals surface area (Å²) < 4.78 is 5.51. The molecule has 1 saturated carbocycles. The first-order valence-corrected chi connectivity index (χ1v) is 12.3. The van der Waals surface area contributed by atoms with Crippen LogP contribution in [-0.2, 0) is 9.53 Å². The number of fused-ring (bicyclic) bond motifs is 1. The molecule has 0 saturated heterocycles. The molecule has 178 valence electrons. The number of hydrogen-bond donors (Lipinski definition) is 2. The predicted octanol–water partition coefficient (Wildman–Crippen LogP) is 4.78. The van der Waals surface area contributed by atoms with Crippen LogP contribution in [0.4, 0.5) is 11.4 Å². The van der Waals surface area contributed by atoms with Crippen molar-refractivity contribution >= 4 is 28.8 Å². The van der Waals surface area contributed by atoms with Gasteiger partial charge in [0.15, 0.2) is 0 Å². The standard InChI is InChI=1S/C28H33N3O3/c1-17-26(30-23-9-6-21(7-10-23)28(33)29-3)24-16-22(19-12-14-34-15-13-19)8-11-25(24)31(18(2)32)27(17)20-4-5-20/h6-12,16-17,20,26-27,30H,4-5,13-15H2,1-3H3,(H,29,33)/t17-,26-,27+/m1/s1. The highest BCUT2D eigenvalue weighted by atomic mass is 16.5. The lowest BCUT2D eigenvalue weighted by molar-refractivity contribution is -0.117. The van der Waals surface area contributed by atoms with Gasteiger partial charge in [-0.2, -0.15) is 0 Å². The van der Waals surface area contributed by atoms with Crippen LogP contribution in [0.25, 0.3) is 5.57 Å². The molecule has 3 atom stereocenters. The fourth-order valence-corrected chi connectivity index (χ4v) is 5.60. The fraction of sp³-hybridized carbons (Fsp3) is 0.429. The van der Waals surface area contributed by atoms with Gasteiger partial charge in [-0.05, 0) is 78.3 Å². The van der Waals surface area contributed by atoms with Crippen LogP contribution in [0.5, 0.6) is 0 Å². The molecule has 6 nitrogen and oxygen atoms in total. The first-order chi connectivity index (χ1) is 16.5. The Kier molecular flexibility index (Phi) is 6.17. The zero-order chi connectivity index (χ0) is 23.8. The summed E-state index contributed by atoms with van der Waals surface area (Å²) in [5.41, 5.74) is 6.27. The molecule has 2 amide bonds. The molecule has 1 fully saturated rings. The SMILES string of the molecule is CNC(=O)c1ccc(N[C@H]2c3cc(C4=CCOCC4)ccc3N(C(C)=O)[C@H](C3CC3)[C@@H]2C)cc1. The third kappa shape index (κ3) is 4.23. The normalized spacial score (nSPS) is 24.1. The van der Waals surface area contributed by atoms with Gasteiger partial charge in [-0.3, -0.25) is 9.59 Å². The van der Waals surface area contributed by atoms with Crippen LogP contribution >= 0.6 is 0 Å². The van der Waals surface area contributed by atoms with Crippen LogP contribution in [0, 0.1) is 11.8 Å². The highest BCUT2D eigenvalue weighted by Crippen LogP contribution is 2.50. The number of nitrogens with one attached hydrogen (secondary N) is 2. The van der Waals surface area contributed by atoms with Crippen molar-refractivity contribution in [2.45, 2.75) is 45.2 Å². The smallest absolute Gasteiger partial charge is 0.251 e. The maximum atomic E-state index is 12.9. The maximum Gasteiger partial charge on any atom is 0.251 e. The van der Waals surface area contributed by atoms with E-state index in [4.69, 9.17) is 4.74 Å². The number of rotatable bonds is 5. The lowest BCUT2D eigenvalue weighted by Gasteiger charge is -2.46. The van der Waals surface area contributed by atoms with Crippen molar-refractivity contribution in [3.8, 4) is 0 Å². The van der Waals surface area contributed by atoms with Crippen molar-refractivity contribution in [3.63, 3.8) is 0 Å². The van der Waals surface area contributed by atoms with E-state index in [-0.39, 0.29) is 29.8 Å². The van der Waals surface area contributed by atoms with Crippen LogP contribution in [0.3, 0.4) is 0 Å². The monoisotopic (exact) mass is 459 g/mol. The Morgan fingerprint density at radius 3 is 2.47 bits per heavy atom. The van der Waals surface area contributed by atoms with Gasteiger partial charge in [0.05, 0.1) is 19.3 Å². The van der Waals surface area contributed by atoms with Crippen molar-refractivity contribution in [3.05, 3.63) is 65.2 Å². The van der Waals surface area contributed by atoms with Crippen molar-refractivity contribution in [1.82, 2.24) is 5.32 Å². The van der Waals surface area contributed by atoms with Gasteiger partial charge in [0.1, 0.15) is 0 Å². The van der Waals surface area contributed by atoms with E-state index in [9.17, 15) is 9.59 Å². The van der Waals surface area contributed by atoms with E-state index in [2.05, 4.69) is 41.8 Å². The molecule has 2 N–H and O–H groups in total. The molecule has 0 spiro atoms. The number of nitrogens with zero attached hydrogens (tertiary/aromatic N) is 1. The second-order valence-corrected chi connectivity index (χ2v) is 9.68. The van der Waals surface area contributed by atoms with Gasteiger partial charge in [0, 0.05) is 42.9 Å². The Hall–Kier alpha value is -3.12. The van der Waals surface area contributed by atoms with Gasteiger partial charge >= 0.3 is 0 Å². The molecule has 0 unspecified atom stereocenters. The van der Waals surface area contributed by atoms with E-state index < -0.39 is 0 Å². The van der Waals surface area contributed by atoms with Crippen LogP contribution in [0.15, 0.2) is 48.5 Å². The summed E-state index contributed by atoms with van der Waals surface area (Å²) in [6.07, 6.45) is 5.40. The number of carbonyl (C=O) groups is 2. The zero-order valence-electron chi connectivity index (χ0n) is 20.1. The third-order valence-corrected chi connectivity index (χ3v) is 7.46. The molecule has 6 heteroatoms. The van der Waals surface area contributed by atoms with E-state index >= 15 is 0 Å². The predicted molar refractivity (Wildman–Crippen MR) is 135 cm³/mol. The second kappa shape index (κ2) is 9.26. The molecule has 2 aromatic carbocycles. The number of hydrogen-bond acceptors (Lipinski definition) is 4. The van der Waals surface area contributed by atoms with Crippen LogP contribution in [0.1, 0.15) is 60.6 Å².